The monoisotopic (exact) mass is 412 g/mol. The van der Waals surface area contributed by atoms with E-state index in [2.05, 4.69) is 27.3 Å². The second kappa shape index (κ2) is 9.05. The summed E-state index contributed by atoms with van der Waals surface area (Å²) in [7, 11) is 5.13. The van der Waals surface area contributed by atoms with Crippen LogP contribution in [0, 0.1) is 0 Å². The fourth-order valence-electron chi connectivity index (χ4n) is 2.25. The summed E-state index contributed by atoms with van der Waals surface area (Å²) >= 11 is 5.12. The summed E-state index contributed by atoms with van der Waals surface area (Å²) in [6.07, 6.45) is 0. The van der Waals surface area contributed by atoms with Crippen LogP contribution in [-0.4, -0.2) is 38.6 Å². The van der Waals surface area contributed by atoms with Gasteiger partial charge in [-0.05, 0) is 46.7 Å². The zero-order chi connectivity index (χ0) is 17.5. The topological polar surface area (TPSA) is 50.8 Å². The van der Waals surface area contributed by atoms with Crippen LogP contribution >= 0.6 is 27.3 Å². The first-order valence-electron chi connectivity index (χ1n) is 7.41. The van der Waals surface area contributed by atoms with E-state index in [0.29, 0.717) is 24.6 Å². The number of amides is 1. The van der Waals surface area contributed by atoms with Crippen molar-refractivity contribution >= 4 is 33.2 Å². The highest BCUT2D eigenvalue weighted by atomic mass is 79.9. The molecule has 0 aliphatic heterocycles. The van der Waals surface area contributed by atoms with E-state index in [4.69, 9.17) is 9.47 Å². The molecule has 0 saturated heterocycles. The molecule has 1 aromatic carbocycles. The van der Waals surface area contributed by atoms with Crippen molar-refractivity contribution in [2.75, 3.05) is 27.8 Å². The van der Waals surface area contributed by atoms with Gasteiger partial charge < -0.3 is 14.8 Å². The smallest absolute Gasteiger partial charge is 0.234 e. The Balaban J connectivity index is 1.82. The van der Waals surface area contributed by atoms with Gasteiger partial charge in [0.25, 0.3) is 0 Å². The molecule has 0 fully saturated rings. The minimum absolute atomic E-state index is 0.0112. The number of halogens is 1. The second-order valence-corrected chi connectivity index (χ2v) is 7.28. The lowest BCUT2D eigenvalue weighted by Gasteiger charge is -2.15. The number of likely N-dealkylation sites (N-methyl/N-ethyl adjacent to an activating group) is 1. The number of hydrogen-bond donors (Lipinski definition) is 1. The molecule has 0 spiro atoms. The molecular formula is C17H21BrN2O3S. The number of hydrogen-bond acceptors (Lipinski definition) is 5. The average Bonchev–Trinajstić information content (AvgIpc) is 2.97. The molecule has 2 aromatic rings. The molecule has 7 heteroatoms. The summed E-state index contributed by atoms with van der Waals surface area (Å²) in [4.78, 5) is 15.3. The number of ether oxygens (including phenoxy) is 2. The lowest BCUT2D eigenvalue weighted by Crippen LogP contribution is -2.34. The molecule has 0 aliphatic rings. The van der Waals surface area contributed by atoms with E-state index >= 15 is 0 Å². The van der Waals surface area contributed by atoms with E-state index in [9.17, 15) is 4.79 Å². The molecule has 0 bridgehead atoms. The second-order valence-electron chi connectivity index (χ2n) is 5.37. The molecule has 130 valence electrons. The lowest BCUT2D eigenvalue weighted by molar-refractivity contribution is -0.122. The average molecular weight is 413 g/mol. The summed E-state index contributed by atoms with van der Waals surface area (Å²) in [6.45, 7) is 1.56. The highest BCUT2D eigenvalue weighted by Crippen LogP contribution is 2.27. The normalized spacial score (nSPS) is 10.7. The summed E-state index contributed by atoms with van der Waals surface area (Å²) < 4.78 is 11.6. The van der Waals surface area contributed by atoms with E-state index < -0.39 is 0 Å². The van der Waals surface area contributed by atoms with Crippen molar-refractivity contribution in [2.45, 2.75) is 13.1 Å². The first-order valence-corrected chi connectivity index (χ1v) is 9.08. The van der Waals surface area contributed by atoms with Crippen LogP contribution in [0.1, 0.15) is 10.4 Å². The van der Waals surface area contributed by atoms with Crippen molar-refractivity contribution in [3.63, 3.8) is 0 Å². The molecule has 1 amide bonds. The number of carbonyl (C=O) groups excluding carboxylic acids is 1. The third kappa shape index (κ3) is 5.51. The van der Waals surface area contributed by atoms with Gasteiger partial charge in [0.1, 0.15) is 0 Å². The first-order chi connectivity index (χ1) is 11.5. The van der Waals surface area contributed by atoms with Gasteiger partial charge >= 0.3 is 0 Å². The van der Waals surface area contributed by atoms with Crippen molar-refractivity contribution in [1.82, 2.24) is 10.2 Å². The Bertz CT molecular complexity index is 690. The van der Waals surface area contributed by atoms with Gasteiger partial charge in [0.15, 0.2) is 11.5 Å². The summed E-state index contributed by atoms with van der Waals surface area (Å²) in [6, 6.07) is 7.68. The van der Waals surface area contributed by atoms with Crippen LogP contribution in [0.25, 0.3) is 0 Å². The van der Waals surface area contributed by atoms with Gasteiger partial charge in [0, 0.05) is 27.8 Å². The van der Waals surface area contributed by atoms with Crippen molar-refractivity contribution in [3.05, 3.63) is 44.6 Å². The van der Waals surface area contributed by atoms with E-state index in [1.807, 2.05) is 35.5 Å². The highest BCUT2D eigenvalue weighted by Gasteiger charge is 2.09. The number of nitrogens with zero attached hydrogens (tertiary/aromatic N) is 1. The molecule has 0 unspecified atom stereocenters. The standard InChI is InChI=1S/C17H21BrN2O3S/c1-20(9-14-7-13(18)11-24-14)10-17(21)19-8-12-4-5-15(22-2)16(6-12)23-3/h4-7,11H,8-10H2,1-3H3,(H,19,21). The van der Waals surface area contributed by atoms with Crippen molar-refractivity contribution in [2.24, 2.45) is 0 Å². The predicted molar refractivity (Wildman–Crippen MR) is 99.7 cm³/mol. The minimum atomic E-state index is -0.0112. The largest absolute Gasteiger partial charge is 0.493 e. The van der Waals surface area contributed by atoms with Gasteiger partial charge in [-0.15, -0.1) is 11.3 Å². The molecule has 5 nitrogen and oxygen atoms in total. The molecule has 1 heterocycles. The Labute approximate surface area is 154 Å². The number of rotatable bonds is 8. The van der Waals surface area contributed by atoms with Crippen LogP contribution < -0.4 is 14.8 Å². The lowest BCUT2D eigenvalue weighted by atomic mass is 10.2. The van der Waals surface area contributed by atoms with E-state index in [1.54, 1.807) is 25.6 Å². The van der Waals surface area contributed by atoms with Gasteiger partial charge in [-0.25, -0.2) is 0 Å². The quantitative estimate of drug-likeness (QED) is 0.722. The van der Waals surface area contributed by atoms with E-state index in [-0.39, 0.29) is 5.91 Å². The van der Waals surface area contributed by atoms with Gasteiger partial charge in [0.05, 0.1) is 20.8 Å². The number of nitrogens with one attached hydrogen (secondary N) is 1. The number of thiophene rings is 1. The molecule has 24 heavy (non-hydrogen) atoms. The summed E-state index contributed by atoms with van der Waals surface area (Å²) in [5.41, 5.74) is 0.964. The van der Waals surface area contributed by atoms with Gasteiger partial charge in [-0.1, -0.05) is 6.07 Å². The molecule has 1 aromatic heterocycles. The fourth-order valence-corrected chi connectivity index (χ4v) is 3.78. The SMILES string of the molecule is COc1ccc(CNC(=O)CN(C)Cc2cc(Br)cs2)cc1OC. The zero-order valence-corrected chi connectivity index (χ0v) is 16.4. The van der Waals surface area contributed by atoms with Crippen molar-refractivity contribution in [3.8, 4) is 11.5 Å². The van der Waals surface area contributed by atoms with E-state index in [1.165, 1.54) is 4.88 Å². The Morgan fingerprint density at radius 1 is 1.25 bits per heavy atom. The Kier molecular flexibility index (Phi) is 7.08. The Morgan fingerprint density at radius 2 is 2.00 bits per heavy atom. The maximum Gasteiger partial charge on any atom is 0.234 e. The van der Waals surface area contributed by atoms with Crippen LogP contribution in [0.5, 0.6) is 11.5 Å². The molecular weight excluding hydrogens is 392 g/mol. The van der Waals surface area contributed by atoms with Crippen molar-refractivity contribution < 1.29 is 14.3 Å². The number of methoxy groups -OCH3 is 2. The third-order valence-corrected chi connectivity index (χ3v) is 5.08. The number of carbonyl (C=O) groups is 1. The van der Waals surface area contributed by atoms with Crippen LogP contribution in [0.4, 0.5) is 0 Å². The summed E-state index contributed by atoms with van der Waals surface area (Å²) in [5.74, 6) is 1.32. The molecule has 0 aliphatic carbocycles. The predicted octanol–water partition coefficient (Wildman–Crippen LogP) is 3.28. The molecule has 0 atom stereocenters. The number of benzene rings is 1. The maximum atomic E-state index is 12.1. The maximum absolute atomic E-state index is 12.1. The van der Waals surface area contributed by atoms with Gasteiger partial charge in [-0.3, -0.25) is 9.69 Å². The van der Waals surface area contributed by atoms with Crippen LogP contribution in [0.15, 0.2) is 34.1 Å². The highest BCUT2D eigenvalue weighted by molar-refractivity contribution is 9.10. The third-order valence-electron chi connectivity index (χ3n) is 3.40. The van der Waals surface area contributed by atoms with Crippen molar-refractivity contribution in [1.29, 1.82) is 0 Å². The first kappa shape index (κ1) is 18.8. The molecule has 2 rings (SSSR count). The van der Waals surface area contributed by atoms with Crippen LogP contribution in [0.2, 0.25) is 0 Å². The molecule has 1 N–H and O–H groups in total. The molecule has 0 radical (unpaired) electrons. The van der Waals surface area contributed by atoms with Gasteiger partial charge in [-0.2, -0.15) is 0 Å². The molecule has 0 saturated carbocycles. The zero-order valence-electron chi connectivity index (χ0n) is 14.0. The Hall–Kier alpha value is -1.57. The Morgan fingerprint density at radius 3 is 2.62 bits per heavy atom. The van der Waals surface area contributed by atoms with Crippen LogP contribution in [-0.2, 0) is 17.9 Å². The van der Waals surface area contributed by atoms with Gasteiger partial charge in [0.2, 0.25) is 5.91 Å². The minimum Gasteiger partial charge on any atom is -0.493 e. The summed E-state index contributed by atoms with van der Waals surface area (Å²) in [5, 5.41) is 4.97. The van der Waals surface area contributed by atoms with E-state index in [0.717, 1.165) is 16.6 Å². The fraction of sp³-hybridized carbons (Fsp3) is 0.353. The van der Waals surface area contributed by atoms with Crippen LogP contribution in [0.3, 0.4) is 0 Å².